The van der Waals surface area contributed by atoms with Crippen LogP contribution in [-0.2, 0) is 25.0 Å². The molecule has 3 heterocycles. The summed E-state index contributed by atoms with van der Waals surface area (Å²) in [4.78, 5) is 14.8. The molecule has 1 aromatic carbocycles. The zero-order valence-electron chi connectivity index (χ0n) is 17.9. The maximum absolute atomic E-state index is 13.0. The monoisotopic (exact) mass is 494 g/mol. The van der Waals surface area contributed by atoms with E-state index in [-0.39, 0.29) is 6.61 Å². The number of phosphoric ester groups is 1. The molecule has 0 bridgehead atoms. The summed E-state index contributed by atoms with van der Waals surface area (Å²) in [7, 11) is 8.05. The van der Waals surface area contributed by atoms with Crippen molar-refractivity contribution in [3.63, 3.8) is 0 Å². The van der Waals surface area contributed by atoms with Crippen molar-refractivity contribution in [2.45, 2.75) is 58.0 Å². The topological polar surface area (TPSA) is 91.8 Å². The largest absolute Gasteiger partial charge is 0.529 e. The SMILES string of the molecule is CC.[B]C([B])(OP1(=O)OCc2cc(Cl)ccc2O1)C1CCC(n2cc(C)c(=S)[nH]c2=O)O1. The maximum Gasteiger partial charge on any atom is 0.529 e. The Morgan fingerprint density at radius 2 is 2.06 bits per heavy atom. The first-order valence-corrected chi connectivity index (χ1v) is 12.3. The second-order valence-electron chi connectivity index (χ2n) is 7.14. The van der Waals surface area contributed by atoms with E-state index in [0.29, 0.717) is 39.4 Å². The van der Waals surface area contributed by atoms with Crippen molar-refractivity contribution >= 4 is 47.3 Å². The van der Waals surface area contributed by atoms with Crippen LogP contribution < -0.4 is 10.2 Å². The normalized spacial score (nSPS) is 24.8. The molecule has 3 unspecified atom stereocenters. The van der Waals surface area contributed by atoms with Crippen molar-refractivity contribution in [2.24, 2.45) is 0 Å². The summed E-state index contributed by atoms with van der Waals surface area (Å²) in [5, 5.41) is -1.50. The lowest BCUT2D eigenvalue weighted by Gasteiger charge is -2.36. The smallest absolute Gasteiger partial charge is 0.404 e. The lowest BCUT2D eigenvalue weighted by molar-refractivity contribution is -0.0514. The van der Waals surface area contributed by atoms with E-state index < -0.39 is 31.2 Å². The summed E-state index contributed by atoms with van der Waals surface area (Å²) in [5.74, 6) is 0.302. The number of hydrogen-bond donors (Lipinski definition) is 1. The van der Waals surface area contributed by atoms with Crippen molar-refractivity contribution < 1.29 is 22.9 Å². The quantitative estimate of drug-likeness (QED) is 0.385. The van der Waals surface area contributed by atoms with Gasteiger partial charge >= 0.3 is 13.5 Å². The molecule has 1 saturated heterocycles. The highest BCUT2D eigenvalue weighted by molar-refractivity contribution is 7.71. The van der Waals surface area contributed by atoms with Crippen LogP contribution in [0.15, 0.2) is 29.2 Å². The average Bonchev–Trinajstić information content (AvgIpc) is 3.23. The number of ether oxygens (including phenoxy) is 1. The molecule has 4 radical (unpaired) electrons. The van der Waals surface area contributed by atoms with E-state index in [1.165, 1.54) is 4.57 Å². The Bertz CT molecular complexity index is 1160. The summed E-state index contributed by atoms with van der Waals surface area (Å²) in [6, 6.07) is 4.78. The van der Waals surface area contributed by atoms with Crippen LogP contribution in [0.2, 0.25) is 5.02 Å². The van der Waals surface area contributed by atoms with Gasteiger partial charge in [0.25, 0.3) is 0 Å². The third-order valence-electron chi connectivity index (χ3n) is 4.84. The van der Waals surface area contributed by atoms with Crippen molar-refractivity contribution in [2.75, 3.05) is 0 Å². The summed E-state index contributed by atoms with van der Waals surface area (Å²) >= 11 is 11.0. The van der Waals surface area contributed by atoms with Crippen molar-refractivity contribution in [3.05, 3.63) is 55.7 Å². The fourth-order valence-electron chi connectivity index (χ4n) is 3.30. The van der Waals surface area contributed by atoms with E-state index in [9.17, 15) is 9.36 Å². The highest BCUT2D eigenvalue weighted by Gasteiger charge is 2.45. The number of hydrogen-bond acceptors (Lipinski definition) is 7. The average molecular weight is 495 g/mol. The van der Waals surface area contributed by atoms with Crippen LogP contribution in [-0.4, -0.2) is 36.7 Å². The maximum atomic E-state index is 13.0. The zero-order chi connectivity index (χ0) is 23.7. The molecule has 1 fully saturated rings. The molecule has 3 atom stereocenters. The lowest BCUT2D eigenvalue weighted by atomic mass is 9.61. The number of benzene rings is 1. The van der Waals surface area contributed by atoms with E-state index in [0.717, 1.165) is 0 Å². The molecule has 0 saturated carbocycles. The van der Waals surface area contributed by atoms with Crippen LogP contribution in [0.4, 0.5) is 0 Å². The van der Waals surface area contributed by atoms with Gasteiger partial charge in [0.05, 0.1) is 12.7 Å². The second-order valence-corrected chi connectivity index (χ2v) is 9.51. The molecule has 1 N–H and O–H groups in total. The molecular weight excluding hydrogens is 472 g/mol. The van der Waals surface area contributed by atoms with Crippen LogP contribution >= 0.6 is 31.6 Å². The molecule has 4 rings (SSSR count). The van der Waals surface area contributed by atoms with Crippen molar-refractivity contribution in [3.8, 4) is 5.75 Å². The number of aromatic nitrogens is 2. The lowest BCUT2D eigenvalue weighted by Crippen LogP contribution is -2.46. The van der Waals surface area contributed by atoms with Gasteiger partial charge in [0, 0.05) is 27.7 Å². The number of fused-ring (bicyclic) bond motifs is 1. The van der Waals surface area contributed by atoms with Crippen LogP contribution in [0.3, 0.4) is 0 Å². The molecule has 2 aromatic rings. The van der Waals surface area contributed by atoms with Crippen LogP contribution in [0.5, 0.6) is 5.75 Å². The van der Waals surface area contributed by atoms with E-state index in [1.54, 1.807) is 31.3 Å². The fraction of sp³-hybridized carbons (Fsp3) is 0.474. The van der Waals surface area contributed by atoms with Gasteiger partial charge < -0.3 is 9.26 Å². The first-order valence-electron chi connectivity index (χ1n) is 10.0. The van der Waals surface area contributed by atoms with Gasteiger partial charge in [-0.05, 0) is 38.0 Å². The highest BCUT2D eigenvalue weighted by Crippen LogP contribution is 2.57. The number of aromatic amines is 1. The zero-order valence-corrected chi connectivity index (χ0v) is 20.3. The first kappa shape index (κ1) is 25.3. The third-order valence-corrected chi connectivity index (χ3v) is 6.90. The van der Waals surface area contributed by atoms with Gasteiger partial charge in [0.15, 0.2) is 0 Å². The number of aryl methyl sites for hydroxylation is 1. The van der Waals surface area contributed by atoms with Crippen molar-refractivity contribution in [1.82, 2.24) is 9.55 Å². The van der Waals surface area contributed by atoms with E-state index in [1.807, 2.05) is 13.8 Å². The molecule has 0 amide bonds. The number of halogens is 1. The Kier molecular flexibility index (Phi) is 7.80. The fourth-order valence-corrected chi connectivity index (χ4v) is 5.00. The molecule has 2 aliphatic rings. The van der Waals surface area contributed by atoms with Crippen LogP contribution in [0.1, 0.15) is 44.0 Å². The number of H-pyrrole nitrogens is 1. The summed E-state index contributed by atoms with van der Waals surface area (Å²) < 4.78 is 36.6. The summed E-state index contributed by atoms with van der Waals surface area (Å²) in [6.07, 6.45) is 0.871. The van der Waals surface area contributed by atoms with Gasteiger partial charge in [0.1, 0.15) is 32.3 Å². The third kappa shape index (κ3) is 5.41. The Hall–Kier alpha value is -1.35. The van der Waals surface area contributed by atoms with Gasteiger partial charge in [-0.2, -0.15) is 0 Å². The van der Waals surface area contributed by atoms with Gasteiger partial charge in [0.2, 0.25) is 0 Å². The molecule has 2 aliphatic heterocycles. The minimum Gasteiger partial charge on any atom is -0.404 e. The van der Waals surface area contributed by atoms with Gasteiger partial charge in [-0.1, -0.05) is 37.7 Å². The first-order chi connectivity index (χ1) is 15.1. The Morgan fingerprint density at radius 3 is 2.78 bits per heavy atom. The van der Waals surface area contributed by atoms with E-state index in [2.05, 4.69) is 4.98 Å². The predicted octanol–water partition coefficient (Wildman–Crippen LogP) is 4.30. The molecular formula is C19H22B2ClN2O6PS. The molecule has 8 nitrogen and oxygen atoms in total. The van der Waals surface area contributed by atoms with E-state index >= 15 is 0 Å². The standard InChI is InChI=1S/C17H16B2ClN2O6PS.C2H6/c1-9-7-22(16(23)21-15(9)30)14-5-4-13(26-14)17(18,19)28-29(24)25-8-10-6-11(20)2-3-12(10)27-29;1-2/h2-3,6-7,13-14H,4-5,8H2,1H3,(H,21,23,30);1-2H3. The molecule has 1 aromatic heterocycles. The van der Waals surface area contributed by atoms with Crippen LogP contribution in [0, 0.1) is 11.6 Å². The molecule has 0 spiro atoms. The van der Waals surface area contributed by atoms with Gasteiger partial charge in [-0.25, -0.2) is 9.36 Å². The Labute approximate surface area is 199 Å². The van der Waals surface area contributed by atoms with Crippen LogP contribution in [0.25, 0.3) is 0 Å². The summed E-state index contributed by atoms with van der Waals surface area (Å²) in [6.45, 7) is 5.73. The summed E-state index contributed by atoms with van der Waals surface area (Å²) in [5.41, 5.74) is 0.913. The number of nitrogens with one attached hydrogen (secondary N) is 1. The number of phosphoric acid groups is 1. The highest BCUT2D eigenvalue weighted by atomic mass is 35.5. The Morgan fingerprint density at radius 1 is 1.34 bits per heavy atom. The van der Waals surface area contributed by atoms with Gasteiger partial charge in [-0.3, -0.25) is 18.6 Å². The number of rotatable bonds is 4. The van der Waals surface area contributed by atoms with Gasteiger partial charge in [-0.15, -0.1) is 0 Å². The molecule has 32 heavy (non-hydrogen) atoms. The molecule has 0 aliphatic carbocycles. The minimum atomic E-state index is -4.11. The van der Waals surface area contributed by atoms with E-state index in [4.69, 9.17) is 57.8 Å². The molecule has 168 valence electrons. The number of nitrogens with zero attached hydrogens (tertiary/aromatic N) is 1. The second kappa shape index (κ2) is 9.87. The minimum absolute atomic E-state index is 0.0463. The predicted molar refractivity (Wildman–Crippen MR) is 125 cm³/mol. The van der Waals surface area contributed by atoms with Crippen molar-refractivity contribution in [1.29, 1.82) is 0 Å². The molecule has 13 heteroatoms. The Balaban J connectivity index is 0.00000141.